The van der Waals surface area contributed by atoms with Gasteiger partial charge in [-0.05, 0) is 31.9 Å². The topological polar surface area (TPSA) is 61.3 Å². The third-order valence-electron chi connectivity index (χ3n) is 6.37. The molecule has 0 spiro atoms. The van der Waals surface area contributed by atoms with Gasteiger partial charge in [0.25, 0.3) is 10.1 Å². The molecule has 0 unspecified atom stereocenters. The minimum Gasteiger partial charge on any atom is -0.286 e. The lowest BCUT2D eigenvalue weighted by Crippen LogP contribution is -2.35. The van der Waals surface area contributed by atoms with Gasteiger partial charge in [0.2, 0.25) is 11.2 Å². The van der Waals surface area contributed by atoms with Gasteiger partial charge in [-0.15, -0.1) is 0 Å². The number of nitrogens with zero attached hydrogens (tertiary/aromatic N) is 2. The normalized spacial score (nSPS) is 15.6. The number of aryl methyl sites for hydroxylation is 1. The van der Waals surface area contributed by atoms with Crippen LogP contribution in [0.5, 0.6) is 0 Å². The van der Waals surface area contributed by atoms with E-state index in [-0.39, 0.29) is 11.2 Å². The molecule has 5 nitrogen and oxygen atoms in total. The van der Waals surface area contributed by atoms with Gasteiger partial charge in [-0.25, -0.2) is 0 Å². The lowest BCUT2D eigenvalue weighted by molar-refractivity contribution is -0.671. The predicted octanol–water partition coefficient (Wildman–Crippen LogP) is 4.21. The maximum Gasteiger partial charge on any atom is 0.265 e. The predicted molar refractivity (Wildman–Crippen MR) is 128 cm³/mol. The van der Waals surface area contributed by atoms with Gasteiger partial charge in [-0.3, -0.25) is 4.55 Å². The summed E-state index contributed by atoms with van der Waals surface area (Å²) < 4.78 is 35.4. The van der Waals surface area contributed by atoms with Crippen molar-refractivity contribution in [3.63, 3.8) is 0 Å². The Hall–Kier alpha value is -2.83. The second-order valence-electron chi connectivity index (χ2n) is 8.88. The van der Waals surface area contributed by atoms with E-state index in [0.29, 0.717) is 13.0 Å². The molecule has 0 radical (unpaired) electrons. The molecule has 0 bridgehead atoms. The van der Waals surface area contributed by atoms with E-state index in [1.165, 1.54) is 22.5 Å². The third-order valence-corrected chi connectivity index (χ3v) is 7.17. The Balaban J connectivity index is 1.58. The summed E-state index contributed by atoms with van der Waals surface area (Å²) in [4.78, 5) is 0. The molecule has 0 atom stereocenters. The van der Waals surface area contributed by atoms with E-state index in [2.05, 4.69) is 80.1 Å². The van der Waals surface area contributed by atoms with Gasteiger partial charge in [0.05, 0.1) is 11.2 Å². The van der Waals surface area contributed by atoms with E-state index in [1.807, 2.05) is 22.9 Å². The van der Waals surface area contributed by atoms with E-state index in [1.54, 1.807) is 0 Å². The number of hydrogen-bond donors (Lipinski definition) is 1. The number of allylic oxidation sites excluding steroid dienone is 2. The van der Waals surface area contributed by atoms with Gasteiger partial charge < -0.3 is 0 Å². The summed E-state index contributed by atoms with van der Waals surface area (Å²) in [5, 5.41) is 1.15. The van der Waals surface area contributed by atoms with Crippen LogP contribution in [-0.4, -0.2) is 36.1 Å². The van der Waals surface area contributed by atoms with Gasteiger partial charge >= 0.3 is 0 Å². The molecule has 1 aliphatic heterocycles. The first-order chi connectivity index (χ1) is 15.2. The molecule has 32 heavy (non-hydrogen) atoms. The highest BCUT2D eigenvalue weighted by molar-refractivity contribution is 7.85. The fraction of sp³-hybridized carbons (Fsp3) is 0.308. The Morgan fingerprint density at radius 2 is 1.75 bits per heavy atom. The van der Waals surface area contributed by atoms with Crippen LogP contribution in [0.1, 0.15) is 31.4 Å². The standard InChI is InChI=1S/C26H29N2O3S/c1-26(2)22-12-5-7-14-24(22)27(3)25(26)15-8-10-20-16-18-28(17-9-19-32(29,30)31)23-13-6-4-11-21(20)23/h4-8,11-16,18H,9-10,17,19H2,1-3H3/q+1/p+1/b15-8+. The maximum absolute atomic E-state index is 11.0. The molecule has 0 saturated heterocycles. The molecule has 166 valence electrons. The molecular weight excluding hydrogens is 420 g/mol. The number of aromatic nitrogens is 1. The second-order valence-corrected chi connectivity index (χ2v) is 10.5. The summed E-state index contributed by atoms with van der Waals surface area (Å²) in [7, 11) is -1.81. The summed E-state index contributed by atoms with van der Waals surface area (Å²) in [5.41, 5.74) is 6.12. The van der Waals surface area contributed by atoms with Gasteiger partial charge in [-0.1, -0.05) is 36.4 Å². The van der Waals surface area contributed by atoms with Crippen LogP contribution in [0.3, 0.4) is 0 Å². The Kier molecular flexibility index (Phi) is 6.01. The number of para-hydroxylation sites is 2. The Bertz CT molecular complexity index is 1340. The molecule has 0 aliphatic carbocycles. The first-order valence-corrected chi connectivity index (χ1v) is 12.5. The van der Waals surface area contributed by atoms with Crippen molar-refractivity contribution in [3.8, 4) is 0 Å². The Morgan fingerprint density at radius 3 is 2.50 bits per heavy atom. The molecular formula is C26H30N2O3S+2. The Labute approximate surface area is 190 Å². The molecule has 1 N–H and O–H groups in total. The average molecular weight is 451 g/mol. The van der Waals surface area contributed by atoms with Crippen LogP contribution in [0.15, 0.2) is 72.9 Å². The number of pyridine rings is 1. The largest absolute Gasteiger partial charge is 0.286 e. The van der Waals surface area contributed by atoms with Crippen molar-refractivity contribution in [2.24, 2.45) is 0 Å². The van der Waals surface area contributed by atoms with Crippen LogP contribution in [0.25, 0.3) is 10.9 Å². The molecule has 6 heteroatoms. The van der Waals surface area contributed by atoms with Gasteiger partial charge in [0, 0.05) is 41.6 Å². The summed E-state index contributed by atoms with van der Waals surface area (Å²) in [6.45, 7) is 5.07. The molecule has 0 fully saturated rings. The van der Waals surface area contributed by atoms with E-state index in [4.69, 9.17) is 4.55 Å². The molecule has 0 amide bonds. The van der Waals surface area contributed by atoms with Gasteiger partial charge in [-0.2, -0.15) is 17.6 Å². The highest BCUT2D eigenvalue weighted by Gasteiger charge is 2.42. The number of benzene rings is 2. The lowest BCUT2D eigenvalue weighted by Gasteiger charge is -2.15. The van der Waals surface area contributed by atoms with E-state index >= 15 is 0 Å². The monoisotopic (exact) mass is 450 g/mol. The zero-order chi connectivity index (χ0) is 22.9. The molecule has 1 aromatic heterocycles. The zero-order valence-electron chi connectivity index (χ0n) is 18.8. The number of hydrogen-bond acceptors (Lipinski definition) is 2. The first-order valence-electron chi connectivity index (χ1n) is 10.9. The minimum absolute atomic E-state index is 0.0450. The minimum atomic E-state index is -3.94. The second kappa shape index (κ2) is 8.60. The molecule has 3 aromatic rings. The van der Waals surface area contributed by atoms with Crippen molar-refractivity contribution in [1.29, 1.82) is 0 Å². The smallest absolute Gasteiger partial charge is 0.265 e. The summed E-state index contributed by atoms with van der Waals surface area (Å²) in [6, 6.07) is 18.8. The first kappa shape index (κ1) is 22.4. The fourth-order valence-corrected chi connectivity index (χ4v) is 5.23. The van der Waals surface area contributed by atoms with Crippen LogP contribution in [-0.2, 0) is 28.5 Å². The quantitative estimate of drug-likeness (QED) is 0.433. The summed E-state index contributed by atoms with van der Waals surface area (Å²) in [5.74, 6) is -0.233. The van der Waals surface area contributed by atoms with Gasteiger partial charge in [0.1, 0.15) is 13.6 Å². The highest BCUT2D eigenvalue weighted by atomic mass is 32.2. The van der Waals surface area contributed by atoms with Crippen molar-refractivity contribution < 1.29 is 22.1 Å². The fourth-order valence-electron chi connectivity index (χ4n) is 4.74. The van der Waals surface area contributed by atoms with Crippen molar-refractivity contribution in [2.75, 3.05) is 12.8 Å². The van der Waals surface area contributed by atoms with Gasteiger partial charge in [0.15, 0.2) is 11.9 Å². The number of fused-ring (bicyclic) bond motifs is 2. The zero-order valence-corrected chi connectivity index (χ0v) is 19.6. The number of rotatable bonds is 7. The van der Waals surface area contributed by atoms with E-state index in [9.17, 15) is 8.42 Å². The van der Waals surface area contributed by atoms with E-state index in [0.717, 1.165) is 17.3 Å². The summed E-state index contributed by atoms with van der Waals surface area (Å²) in [6.07, 6.45) is 7.64. The van der Waals surface area contributed by atoms with E-state index < -0.39 is 10.1 Å². The third kappa shape index (κ3) is 4.38. The van der Waals surface area contributed by atoms with Crippen LogP contribution in [0, 0.1) is 0 Å². The molecule has 2 heterocycles. The highest BCUT2D eigenvalue weighted by Crippen LogP contribution is 2.38. The van der Waals surface area contributed by atoms with Crippen LogP contribution < -0.4 is 4.57 Å². The van der Waals surface area contributed by atoms with Crippen LogP contribution in [0.4, 0.5) is 5.69 Å². The molecule has 4 rings (SSSR count). The van der Waals surface area contributed by atoms with Crippen molar-refractivity contribution >= 4 is 32.4 Å². The van der Waals surface area contributed by atoms with Crippen LogP contribution >= 0.6 is 0 Å². The Morgan fingerprint density at radius 1 is 1.03 bits per heavy atom. The lowest BCUT2D eigenvalue weighted by atomic mass is 9.81. The van der Waals surface area contributed by atoms with Crippen LogP contribution in [0.2, 0.25) is 0 Å². The maximum atomic E-state index is 11.0. The van der Waals surface area contributed by atoms with Crippen molar-refractivity contribution in [1.82, 2.24) is 0 Å². The molecule has 1 aliphatic rings. The average Bonchev–Trinajstić information content (AvgIpc) is 2.95. The van der Waals surface area contributed by atoms with Crippen molar-refractivity contribution in [3.05, 3.63) is 84.1 Å². The SMILES string of the molecule is C[N+]1=C(/C=C/Cc2cc[n+](CCCS(=O)(=O)O)c3ccccc23)C(C)(C)c2ccccc21. The molecule has 2 aromatic carbocycles. The summed E-state index contributed by atoms with van der Waals surface area (Å²) >= 11 is 0. The van der Waals surface area contributed by atoms with Crippen molar-refractivity contribution in [2.45, 2.75) is 38.6 Å². The molecule has 0 saturated carbocycles.